The maximum Gasteiger partial charge on any atom is 0.392 e. The van der Waals surface area contributed by atoms with Gasteiger partial charge in [0, 0.05) is 0 Å². The smallest absolute Gasteiger partial charge is 0.392 e. The lowest BCUT2D eigenvalue weighted by Crippen LogP contribution is -2.22. The van der Waals surface area contributed by atoms with Crippen LogP contribution in [0.3, 0.4) is 0 Å². The van der Waals surface area contributed by atoms with Gasteiger partial charge in [0.25, 0.3) is 0 Å². The van der Waals surface area contributed by atoms with Gasteiger partial charge in [-0.25, -0.2) is 4.79 Å². The van der Waals surface area contributed by atoms with Crippen LogP contribution in [0.15, 0.2) is 12.8 Å². The fourth-order valence-corrected chi connectivity index (χ4v) is 0.199. The zero-order valence-electron chi connectivity index (χ0n) is 4.30. The molecule has 0 amide bonds. The van der Waals surface area contributed by atoms with Crippen molar-refractivity contribution < 1.29 is 18.3 Å². The van der Waals surface area contributed by atoms with Gasteiger partial charge in [0.1, 0.15) is 0 Å². The largest absolute Gasteiger partial charge is 0.430 e. The number of hydrogen-bond acceptors (Lipinski definition) is 3. The van der Waals surface area contributed by atoms with E-state index in [4.69, 9.17) is 0 Å². The topological polar surface area (TPSA) is 26.3 Å². The molecule has 0 N–H and O–H groups in total. The Hall–Kier alpha value is -0.580. The molecule has 0 aliphatic rings. The first kappa shape index (κ1) is 8.42. The van der Waals surface area contributed by atoms with Gasteiger partial charge in [-0.05, 0) is 0 Å². The Bertz CT molecular complexity index is 129. The molecule has 0 unspecified atom stereocenters. The highest BCUT2D eigenvalue weighted by Gasteiger charge is 2.35. The predicted octanol–water partition coefficient (Wildman–Crippen LogP) is 1.20. The summed E-state index contributed by atoms with van der Waals surface area (Å²) in [5, 5.41) is -3.73. The van der Waals surface area contributed by atoms with Crippen molar-refractivity contribution in [3.05, 3.63) is 12.8 Å². The number of halogens is 2. The minimum absolute atomic E-state index is 0.618. The van der Waals surface area contributed by atoms with E-state index >= 15 is 0 Å². The van der Waals surface area contributed by atoms with Gasteiger partial charge >= 0.3 is 11.2 Å². The highest BCUT2D eigenvalue weighted by molar-refractivity contribution is 7.82. The van der Waals surface area contributed by atoms with Gasteiger partial charge in [-0.2, -0.15) is 8.78 Å². The van der Waals surface area contributed by atoms with E-state index in [9.17, 15) is 13.6 Å². The molecular formula is C4H4F2O2S. The summed E-state index contributed by atoms with van der Waals surface area (Å²) < 4.78 is 27.0. The molecule has 0 bridgehead atoms. The Labute approximate surface area is 55.9 Å². The molecule has 0 aromatic carbocycles. The molecule has 0 saturated carbocycles. The summed E-state index contributed by atoms with van der Waals surface area (Å²) in [4.78, 5) is 9.94. The summed E-state index contributed by atoms with van der Waals surface area (Å²) in [6, 6.07) is 0. The highest BCUT2D eigenvalue weighted by Crippen LogP contribution is 2.19. The molecule has 2 nitrogen and oxygen atoms in total. The van der Waals surface area contributed by atoms with Crippen molar-refractivity contribution in [3.8, 4) is 0 Å². The second kappa shape index (κ2) is 2.82. The molecular weight excluding hydrogens is 150 g/mol. The number of alkyl halides is 2. The zero-order valence-corrected chi connectivity index (χ0v) is 5.20. The fraction of sp³-hybridized carbons (Fsp3) is 0.250. The van der Waals surface area contributed by atoms with Crippen LogP contribution in [-0.4, -0.2) is 11.2 Å². The molecule has 9 heavy (non-hydrogen) atoms. The highest BCUT2D eigenvalue weighted by atomic mass is 32.1. The fourth-order valence-electron chi connectivity index (χ4n) is 0.147. The summed E-state index contributed by atoms with van der Waals surface area (Å²) in [6.07, 6.45) is 0.618. The average Bonchev–Trinajstić information content (AvgIpc) is 1.64. The lowest BCUT2D eigenvalue weighted by molar-refractivity contribution is -0.153. The first-order chi connectivity index (χ1) is 3.98. The SMILES string of the molecule is C=COC(=O)C(F)(F)S. The van der Waals surface area contributed by atoms with E-state index in [1.165, 1.54) is 0 Å². The Morgan fingerprint density at radius 3 is 2.33 bits per heavy atom. The molecule has 0 spiro atoms. The predicted molar refractivity (Wildman–Crippen MR) is 30.2 cm³/mol. The standard InChI is InChI=1S/C4H4F2O2S/c1-2-8-3(7)4(5,6)9/h2,9H,1H2. The minimum Gasteiger partial charge on any atom is -0.430 e. The number of thiol groups is 1. The molecule has 0 aromatic heterocycles. The van der Waals surface area contributed by atoms with Crippen LogP contribution in [0.25, 0.3) is 0 Å². The first-order valence-electron chi connectivity index (χ1n) is 1.90. The summed E-state index contributed by atoms with van der Waals surface area (Å²) >= 11 is 2.63. The zero-order chi connectivity index (χ0) is 7.49. The van der Waals surface area contributed by atoms with Crippen LogP contribution in [0, 0.1) is 0 Å². The molecule has 0 aromatic rings. The summed E-state index contributed by atoms with van der Waals surface area (Å²) in [5.74, 6) is -1.72. The molecule has 0 aliphatic carbocycles. The molecule has 0 saturated heterocycles. The maximum atomic E-state index is 11.6. The second-order valence-corrected chi connectivity index (χ2v) is 1.67. The van der Waals surface area contributed by atoms with Crippen molar-refractivity contribution in [1.29, 1.82) is 0 Å². The van der Waals surface area contributed by atoms with Crippen LogP contribution in [-0.2, 0) is 9.53 Å². The van der Waals surface area contributed by atoms with Crippen LogP contribution < -0.4 is 0 Å². The van der Waals surface area contributed by atoms with Crippen LogP contribution in [0.4, 0.5) is 8.78 Å². The van der Waals surface area contributed by atoms with E-state index in [1.54, 1.807) is 0 Å². The van der Waals surface area contributed by atoms with E-state index in [-0.39, 0.29) is 0 Å². The van der Waals surface area contributed by atoms with Crippen molar-refractivity contribution in [2.45, 2.75) is 5.25 Å². The van der Waals surface area contributed by atoms with Crippen LogP contribution in [0.2, 0.25) is 0 Å². The Kier molecular flexibility index (Phi) is 2.64. The number of rotatable bonds is 2. The molecule has 0 heterocycles. The molecule has 0 rings (SSSR count). The lowest BCUT2D eigenvalue weighted by atomic mass is 10.7. The van der Waals surface area contributed by atoms with Crippen molar-refractivity contribution in [3.63, 3.8) is 0 Å². The lowest BCUT2D eigenvalue weighted by Gasteiger charge is -2.03. The van der Waals surface area contributed by atoms with Crippen LogP contribution >= 0.6 is 12.6 Å². The Morgan fingerprint density at radius 2 is 2.22 bits per heavy atom. The Balaban J connectivity index is 3.88. The van der Waals surface area contributed by atoms with E-state index in [0.29, 0.717) is 6.26 Å². The summed E-state index contributed by atoms with van der Waals surface area (Å²) in [6.45, 7) is 2.90. The van der Waals surface area contributed by atoms with E-state index in [1.807, 2.05) is 0 Å². The van der Waals surface area contributed by atoms with Crippen LogP contribution in [0.1, 0.15) is 0 Å². The molecule has 0 aliphatic heterocycles. The van der Waals surface area contributed by atoms with Gasteiger partial charge < -0.3 is 4.74 Å². The Morgan fingerprint density at radius 1 is 1.78 bits per heavy atom. The summed E-state index contributed by atoms with van der Waals surface area (Å²) in [5.41, 5.74) is 0. The van der Waals surface area contributed by atoms with Crippen molar-refractivity contribution >= 4 is 18.6 Å². The van der Waals surface area contributed by atoms with Gasteiger partial charge in [-0.15, -0.1) is 0 Å². The molecule has 0 fully saturated rings. The third-order valence-corrected chi connectivity index (χ3v) is 0.619. The first-order valence-corrected chi connectivity index (χ1v) is 2.35. The summed E-state index contributed by atoms with van der Waals surface area (Å²) in [7, 11) is 0. The van der Waals surface area contributed by atoms with Crippen molar-refractivity contribution in [1.82, 2.24) is 0 Å². The molecule has 0 radical (unpaired) electrons. The molecule has 5 heteroatoms. The third-order valence-electron chi connectivity index (χ3n) is 0.436. The molecule has 52 valence electrons. The number of carbonyl (C=O) groups is 1. The third kappa shape index (κ3) is 3.07. The quantitative estimate of drug-likeness (QED) is 0.367. The van der Waals surface area contributed by atoms with Gasteiger partial charge in [-0.1, -0.05) is 19.2 Å². The normalized spacial score (nSPS) is 10.6. The number of ether oxygens (including phenoxy) is 1. The monoisotopic (exact) mass is 154 g/mol. The minimum atomic E-state index is -3.73. The van der Waals surface area contributed by atoms with Crippen molar-refractivity contribution in [2.75, 3.05) is 0 Å². The van der Waals surface area contributed by atoms with E-state index in [0.717, 1.165) is 0 Å². The van der Waals surface area contributed by atoms with E-state index in [2.05, 4.69) is 23.9 Å². The number of hydrogen-bond donors (Lipinski definition) is 1. The van der Waals surface area contributed by atoms with Crippen molar-refractivity contribution in [2.24, 2.45) is 0 Å². The van der Waals surface area contributed by atoms with Gasteiger partial charge in [0.2, 0.25) is 0 Å². The number of esters is 1. The number of carbonyl (C=O) groups excluding carboxylic acids is 1. The van der Waals surface area contributed by atoms with Gasteiger partial charge in [0.15, 0.2) is 0 Å². The average molecular weight is 154 g/mol. The van der Waals surface area contributed by atoms with Crippen LogP contribution in [0.5, 0.6) is 0 Å². The van der Waals surface area contributed by atoms with Gasteiger partial charge in [0.05, 0.1) is 6.26 Å². The van der Waals surface area contributed by atoms with E-state index < -0.39 is 11.2 Å². The maximum absolute atomic E-state index is 11.6. The van der Waals surface area contributed by atoms with Gasteiger partial charge in [-0.3, -0.25) is 0 Å². The second-order valence-electron chi connectivity index (χ2n) is 1.11. The molecule has 0 atom stereocenters.